The lowest BCUT2D eigenvalue weighted by atomic mass is 9.93. The largest absolute Gasteiger partial charge is 0.481 e. The Hall–Kier alpha value is -2.10. The molecule has 0 amide bonds. The van der Waals surface area contributed by atoms with E-state index in [9.17, 15) is 4.79 Å². The zero-order valence-electron chi connectivity index (χ0n) is 13.4. The number of pyridine rings is 1. The predicted molar refractivity (Wildman–Crippen MR) is 83.3 cm³/mol. The molecule has 0 aliphatic heterocycles. The fourth-order valence-corrected chi connectivity index (χ4v) is 2.77. The van der Waals surface area contributed by atoms with Gasteiger partial charge >= 0.3 is 5.97 Å². The Morgan fingerprint density at radius 1 is 0.952 bits per heavy atom. The summed E-state index contributed by atoms with van der Waals surface area (Å²) in [4.78, 5) is 15.5. The number of carbonyl (C=O) groups is 1. The van der Waals surface area contributed by atoms with Crippen molar-refractivity contribution in [2.45, 2.75) is 41.5 Å². The minimum absolute atomic E-state index is 0.329. The van der Waals surface area contributed by atoms with Crippen molar-refractivity contribution >= 4 is 16.9 Å². The number of hydrogen-bond acceptors (Lipinski definition) is 3. The average molecular weight is 287 g/mol. The summed E-state index contributed by atoms with van der Waals surface area (Å²) in [5.41, 5.74) is 7.31. The molecule has 0 atom stereocenters. The third kappa shape index (κ3) is 2.46. The summed E-state index contributed by atoms with van der Waals surface area (Å²) in [6.45, 7) is 11.7. The van der Waals surface area contributed by atoms with Gasteiger partial charge in [-0.15, -0.1) is 0 Å². The monoisotopic (exact) mass is 287 g/mol. The highest BCUT2D eigenvalue weighted by Crippen LogP contribution is 2.36. The second-order valence-corrected chi connectivity index (χ2v) is 5.56. The normalized spacial score (nSPS) is 11.0. The van der Waals surface area contributed by atoms with Gasteiger partial charge in [-0.05, 0) is 63.8 Å². The third-order valence-corrected chi connectivity index (χ3v) is 4.31. The van der Waals surface area contributed by atoms with Gasteiger partial charge in [0.05, 0.1) is 5.52 Å². The van der Waals surface area contributed by atoms with Crippen molar-refractivity contribution in [1.82, 2.24) is 4.98 Å². The molecule has 0 radical (unpaired) electrons. The molecule has 1 aromatic carbocycles. The molecule has 0 spiro atoms. The number of ether oxygens (including phenoxy) is 1. The maximum atomic E-state index is 10.8. The van der Waals surface area contributed by atoms with Crippen molar-refractivity contribution in [2.24, 2.45) is 0 Å². The molecule has 1 heterocycles. The molecule has 0 fully saturated rings. The van der Waals surface area contributed by atoms with Crippen molar-refractivity contribution in [3.8, 4) is 5.75 Å². The van der Waals surface area contributed by atoms with Gasteiger partial charge in [-0.1, -0.05) is 0 Å². The molecule has 21 heavy (non-hydrogen) atoms. The summed E-state index contributed by atoms with van der Waals surface area (Å²) < 4.78 is 5.52. The van der Waals surface area contributed by atoms with Crippen LogP contribution in [0.3, 0.4) is 0 Å². The average Bonchev–Trinajstić information content (AvgIpc) is 2.41. The summed E-state index contributed by atoms with van der Waals surface area (Å²) in [6.07, 6.45) is 0. The quantitative estimate of drug-likeness (QED) is 0.938. The third-order valence-electron chi connectivity index (χ3n) is 4.31. The first kappa shape index (κ1) is 15.3. The highest BCUT2D eigenvalue weighted by Gasteiger charge is 2.18. The lowest BCUT2D eigenvalue weighted by molar-refractivity contribution is -0.139. The van der Waals surface area contributed by atoms with Crippen LogP contribution in [0.25, 0.3) is 10.9 Å². The number of carboxylic acid groups (broad SMARTS) is 1. The minimum atomic E-state index is -0.971. The number of hydrogen-bond donors (Lipinski definition) is 1. The SMILES string of the molecule is Cc1nc2c(C)c(C)c(OCC(=O)O)c(C)c2c(C)c1C. The van der Waals surface area contributed by atoms with Gasteiger partial charge in [0.25, 0.3) is 0 Å². The molecule has 0 aliphatic carbocycles. The summed E-state index contributed by atoms with van der Waals surface area (Å²) in [7, 11) is 0. The van der Waals surface area contributed by atoms with E-state index in [1.165, 1.54) is 5.56 Å². The van der Waals surface area contributed by atoms with Crippen LogP contribution in [-0.2, 0) is 4.79 Å². The Bertz CT molecular complexity index is 748. The molecule has 1 N–H and O–H groups in total. The van der Waals surface area contributed by atoms with Crippen LogP contribution in [0.5, 0.6) is 5.75 Å². The lowest BCUT2D eigenvalue weighted by Gasteiger charge is -2.19. The van der Waals surface area contributed by atoms with Crippen LogP contribution in [-0.4, -0.2) is 22.7 Å². The van der Waals surface area contributed by atoms with Crippen LogP contribution in [0.4, 0.5) is 0 Å². The van der Waals surface area contributed by atoms with E-state index in [4.69, 9.17) is 14.8 Å². The van der Waals surface area contributed by atoms with E-state index in [1.54, 1.807) is 0 Å². The molecular formula is C17H21NO3. The molecule has 0 aliphatic rings. The zero-order valence-corrected chi connectivity index (χ0v) is 13.4. The van der Waals surface area contributed by atoms with Crippen LogP contribution in [0.1, 0.15) is 33.5 Å². The van der Waals surface area contributed by atoms with E-state index in [1.807, 2.05) is 27.7 Å². The molecule has 2 rings (SSSR count). The first-order valence-corrected chi connectivity index (χ1v) is 6.97. The number of rotatable bonds is 3. The molecule has 1 aromatic heterocycles. The maximum Gasteiger partial charge on any atom is 0.341 e. The molecule has 2 aromatic rings. The van der Waals surface area contributed by atoms with Crippen molar-refractivity contribution in [2.75, 3.05) is 6.61 Å². The van der Waals surface area contributed by atoms with Gasteiger partial charge in [0.1, 0.15) is 5.75 Å². The zero-order chi connectivity index (χ0) is 15.9. The fraction of sp³-hybridized carbons (Fsp3) is 0.412. The lowest BCUT2D eigenvalue weighted by Crippen LogP contribution is -2.12. The number of aromatic nitrogens is 1. The Labute approximate surface area is 124 Å². The number of carboxylic acids is 1. The summed E-state index contributed by atoms with van der Waals surface area (Å²) in [6, 6.07) is 0. The summed E-state index contributed by atoms with van der Waals surface area (Å²) in [5.74, 6) is -0.308. The van der Waals surface area contributed by atoms with Gasteiger partial charge in [-0.3, -0.25) is 4.98 Å². The summed E-state index contributed by atoms with van der Waals surface area (Å²) in [5, 5.41) is 9.91. The van der Waals surface area contributed by atoms with Crippen molar-refractivity contribution in [1.29, 1.82) is 0 Å². The van der Waals surface area contributed by atoms with Crippen molar-refractivity contribution in [3.63, 3.8) is 0 Å². The predicted octanol–water partition coefficient (Wildman–Crippen LogP) is 3.55. The Morgan fingerprint density at radius 3 is 2.14 bits per heavy atom. The van der Waals surface area contributed by atoms with E-state index in [0.29, 0.717) is 5.75 Å². The topological polar surface area (TPSA) is 59.4 Å². The molecular weight excluding hydrogens is 266 g/mol. The van der Waals surface area contributed by atoms with Gasteiger partial charge in [0, 0.05) is 16.6 Å². The molecule has 0 bridgehead atoms. The first-order valence-electron chi connectivity index (χ1n) is 6.97. The van der Waals surface area contributed by atoms with Crippen LogP contribution >= 0.6 is 0 Å². The molecule has 4 heteroatoms. The number of aliphatic carboxylic acids is 1. The van der Waals surface area contributed by atoms with Crippen LogP contribution in [0.2, 0.25) is 0 Å². The maximum absolute atomic E-state index is 10.8. The molecule has 0 saturated carbocycles. The van der Waals surface area contributed by atoms with Crippen LogP contribution in [0, 0.1) is 41.5 Å². The Morgan fingerprint density at radius 2 is 1.57 bits per heavy atom. The second kappa shape index (κ2) is 5.35. The molecule has 0 saturated heterocycles. The minimum Gasteiger partial charge on any atom is -0.481 e. The molecule has 4 nitrogen and oxygen atoms in total. The first-order chi connectivity index (χ1) is 9.75. The number of nitrogens with zero attached hydrogens (tertiary/aromatic N) is 1. The van der Waals surface area contributed by atoms with Crippen molar-refractivity contribution in [3.05, 3.63) is 33.5 Å². The Kier molecular flexibility index (Phi) is 3.90. The van der Waals surface area contributed by atoms with E-state index in [-0.39, 0.29) is 6.61 Å². The standard InChI is InChI=1S/C17H21NO3/c1-8-9(2)15-12(5)17(21-7-14(19)20)11(4)10(3)16(15)18-13(8)6/h7H2,1-6H3,(H,19,20). The molecule has 0 unspecified atom stereocenters. The van der Waals surface area contributed by atoms with E-state index in [2.05, 4.69) is 13.8 Å². The van der Waals surface area contributed by atoms with Gasteiger partial charge in [-0.2, -0.15) is 0 Å². The number of aryl methyl sites for hydroxylation is 4. The Balaban J connectivity index is 2.82. The van der Waals surface area contributed by atoms with Gasteiger partial charge in [0.2, 0.25) is 0 Å². The van der Waals surface area contributed by atoms with Gasteiger partial charge in [-0.25, -0.2) is 4.79 Å². The van der Waals surface area contributed by atoms with Gasteiger partial charge < -0.3 is 9.84 Å². The smallest absolute Gasteiger partial charge is 0.341 e. The fourth-order valence-electron chi connectivity index (χ4n) is 2.77. The number of fused-ring (bicyclic) bond motifs is 1. The number of benzene rings is 1. The van der Waals surface area contributed by atoms with E-state index < -0.39 is 5.97 Å². The highest BCUT2D eigenvalue weighted by molar-refractivity contribution is 5.92. The highest BCUT2D eigenvalue weighted by atomic mass is 16.5. The van der Waals surface area contributed by atoms with Crippen LogP contribution < -0.4 is 4.74 Å². The van der Waals surface area contributed by atoms with Crippen LogP contribution in [0.15, 0.2) is 0 Å². The van der Waals surface area contributed by atoms with E-state index >= 15 is 0 Å². The van der Waals surface area contributed by atoms with Crippen molar-refractivity contribution < 1.29 is 14.6 Å². The second-order valence-electron chi connectivity index (χ2n) is 5.56. The van der Waals surface area contributed by atoms with Gasteiger partial charge in [0.15, 0.2) is 6.61 Å². The molecule has 112 valence electrons. The van der Waals surface area contributed by atoms with E-state index in [0.717, 1.165) is 38.9 Å². The summed E-state index contributed by atoms with van der Waals surface area (Å²) >= 11 is 0.